The van der Waals surface area contributed by atoms with Crippen molar-refractivity contribution in [1.29, 1.82) is 0 Å². The van der Waals surface area contributed by atoms with Crippen LogP contribution in [-0.4, -0.2) is 26.8 Å². The van der Waals surface area contributed by atoms with E-state index in [4.69, 9.17) is 9.84 Å². The summed E-state index contributed by atoms with van der Waals surface area (Å²) in [7, 11) is 0. The number of nitrogens with zero attached hydrogens (tertiary/aromatic N) is 3. The maximum Gasteiger partial charge on any atom is 0.269 e. The van der Waals surface area contributed by atoms with Gasteiger partial charge >= 0.3 is 0 Å². The van der Waals surface area contributed by atoms with Crippen LogP contribution in [0.3, 0.4) is 0 Å². The lowest BCUT2D eigenvalue weighted by Crippen LogP contribution is -2.32. The molecule has 0 spiro atoms. The maximum atomic E-state index is 12.9. The smallest absolute Gasteiger partial charge is 0.269 e. The summed E-state index contributed by atoms with van der Waals surface area (Å²) in [4.78, 5) is 17.2. The lowest BCUT2D eigenvalue weighted by atomic mass is 10.1. The first-order chi connectivity index (χ1) is 13.4. The van der Waals surface area contributed by atoms with E-state index < -0.39 is 0 Å². The Balaban J connectivity index is 1.43. The Hall–Kier alpha value is -2.37. The van der Waals surface area contributed by atoms with Gasteiger partial charge in [-0.05, 0) is 77.0 Å². The molecule has 4 rings (SSSR count). The quantitative estimate of drug-likeness (QED) is 0.814. The van der Waals surface area contributed by atoms with Gasteiger partial charge < -0.3 is 10.1 Å². The predicted octanol–water partition coefficient (Wildman–Crippen LogP) is 4.16. The van der Waals surface area contributed by atoms with Crippen LogP contribution in [0.4, 0.5) is 0 Å². The monoisotopic (exact) mass is 382 g/mol. The number of pyridine rings is 1. The van der Waals surface area contributed by atoms with Crippen molar-refractivity contribution in [3.05, 3.63) is 41.3 Å². The van der Waals surface area contributed by atoms with E-state index in [0.29, 0.717) is 24.0 Å². The number of carbonyl (C=O) groups excluding carboxylic acids is 1. The summed E-state index contributed by atoms with van der Waals surface area (Å²) < 4.78 is 7.83. The molecule has 6 nitrogen and oxygen atoms in total. The highest BCUT2D eigenvalue weighted by molar-refractivity contribution is 5.92. The normalized spacial score (nSPS) is 17.7. The van der Waals surface area contributed by atoms with Gasteiger partial charge in [0.1, 0.15) is 11.8 Å². The van der Waals surface area contributed by atoms with E-state index in [1.807, 2.05) is 22.9 Å². The van der Waals surface area contributed by atoms with Crippen molar-refractivity contribution in [2.45, 2.75) is 83.4 Å². The molecule has 0 aliphatic heterocycles. The summed E-state index contributed by atoms with van der Waals surface area (Å²) in [6.45, 7) is 6.66. The first-order valence-corrected chi connectivity index (χ1v) is 10.4. The Morgan fingerprint density at radius 3 is 2.64 bits per heavy atom. The van der Waals surface area contributed by atoms with Crippen LogP contribution in [0.15, 0.2) is 24.4 Å². The third-order valence-corrected chi connectivity index (χ3v) is 5.43. The van der Waals surface area contributed by atoms with Gasteiger partial charge in [0.2, 0.25) is 5.88 Å². The molecule has 0 atom stereocenters. The van der Waals surface area contributed by atoms with Crippen molar-refractivity contribution in [2.75, 3.05) is 0 Å². The molecular formula is C22H30N4O2. The van der Waals surface area contributed by atoms with Crippen LogP contribution in [0.2, 0.25) is 0 Å². The van der Waals surface area contributed by atoms with Crippen LogP contribution in [0.1, 0.15) is 87.0 Å². The number of aromatic nitrogens is 3. The molecule has 0 bridgehead atoms. The molecule has 6 heteroatoms. The molecule has 2 heterocycles. The Kier molecular flexibility index (Phi) is 5.13. The Bertz CT molecular complexity index is 842. The number of hydrogen-bond donors (Lipinski definition) is 1. The fraction of sp³-hybridized carbons (Fsp3) is 0.591. The number of carbonyl (C=O) groups is 1. The van der Waals surface area contributed by atoms with Crippen molar-refractivity contribution in [1.82, 2.24) is 20.1 Å². The number of ether oxygens (including phenoxy) is 1. The molecule has 150 valence electrons. The van der Waals surface area contributed by atoms with E-state index in [0.717, 1.165) is 24.1 Å². The number of hydrogen-bond acceptors (Lipinski definition) is 4. The zero-order valence-corrected chi connectivity index (χ0v) is 17.1. The first-order valence-electron chi connectivity index (χ1n) is 10.4. The van der Waals surface area contributed by atoms with Crippen LogP contribution in [0.25, 0.3) is 0 Å². The van der Waals surface area contributed by atoms with Crippen LogP contribution < -0.4 is 10.1 Å². The Morgan fingerprint density at radius 2 is 1.96 bits per heavy atom. The van der Waals surface area contributed by atoms with Crippen molar-refractivity contribution < 1.29 is 9.53 Å². The van der Waals surface area contributed by atoms with Gasteiger partial charge in [0, 0.05) is 24.7 Å². The summed E-state index contributed by atoms with van der Waals surface area (Å²) in [5.74, 6) is 1.07. The van der Waals surface area contributed by atoms with Gasteiger partial charge in [0.15, 0.2) is 0 Å². The van der Waals surface area contributed by atoms with Crippen LogP contribution in [0, 0.1) is 0 Å². The summed E-state index contributed by atoms with van der Waals surface area (Å²) >= 11 is 0. The average Bonchev–Trinajstić information content (AvgIpc) is 3.18. The molecule has 28 heavy (non-hydrogen) atoms. The molecule has 2 aliphatic rings. The summed E-state index contributed by atoms with van der Waals surface area (Å²) in [6, 6.07) is 5.80. The highest BCUT2D eigenvalue weighted by atomic mass is 16.5. The van der Waals surface area contributed by atoms with Gasteiger partial charge in [0.25, 0.3) is 5.91 Å². The third-order valence-electron chi connectivity index (χ3n) is 5.43. The molecular weight excluding hydrogens is 352 g/mol. The van der Waals surface area contributed by atoms with E-state index in [9.17, 15) is 4.79 Å². The topological polar surface area (TPSA) is 69.0 Å². The van der Waals surface area contributed by atoms with Crippen LogP contribution >= 0.6 is 0 Å². The molecule has 0 radical (unpaired) electrons. The van der Waals surface area contributed by atoms with Crippen LogP contribution in [-0.2, 0) is 12.1 Å². The predicted molar refractivity (Wildman–Crippen MR) is 107 cm³/mol. The lowest BCUT2D eigenvalue weighted by molar-refractivity contribution is 0.0932. The maximum absolute atomic E-state index is 12.9. The minimum absolute atomic E-state index is 0.0931. The van der Waals surface area contributed by atoms with Crippen molar-refractivity contribution >= 4 is 5.91 Å². The SMILES string of the molecule is CC(C)(C)n1nc(C2CC2)cc1C(=O)NCc1ccnc(OC2CCCC2)c1. The van der Waals surface area contributed by atoms with E-state index in [1.165, 1.54) is 25.7 Å². The largest absolute Gasteiger partial charge is 0.474 e. The minimum Gasteiger partial charge on any atom is -0.474 e. The van der Waals surface area contributed by atoms with Gasteiger partial charge in [-0.25, -0.2) is 4.98 Å². The molecule has 2 aromatic rings. The highest BCUT2D eigenvalue weighted by Gasteiger charge is 2.31. The van der Waals surface area contributed by atoms with Gasteiger partial charge in [0.05, 0.1) is 11.2 Å². The molecule has 2 fully saturated rings. The fourth-order valence-corrected chi connectivity index (χ4v) is 3.73. The summed E-state index contributed by atoms with van der Waals surface area (Å²) in [6.07, 6.45) is 9.02. The van der Waals surface area contributed by atoms with Gasteiger partial charge in [-0.2, -0.15) is 5.10 Å². The molecule has 0 unspecified atom stereocenters. The highest BCUT2D eigenvalue weighted by Crippen LogP contribution is 2.40. The zero-order chi connectivity index (χ0) is 19.7. The average molecular weight is 383 g/mol. The molecule has 2 aromatic heterocycles. The van der Waals surface area contributed by atoms with Gasteiger partial charge in [-0.1, -0.05) is 0 Å². The molecule has 2 aliphatic carbocycles. The molecule has 0 saturated heterocycles. The molecule has 1 amide bonds. The minimum atomic E-state index is -0.237. The zero-order valence-electron chi connectivity index (χ0n) is 17.1. The van der Waals surface area contributed by atoms with Gasteiger partial charge in [-0.15, -0.1) is 0 Å². The van der Waals surface area contributed by atoms with E-state index in [-0.39, 0.29) is 17.6 Å². The molecule has 2 saturated carbocycles. The van der Waals surface area contributed by atoms with Crippen LogP contribution in [0.5, 0.6) is 5.88 Å². The number of nitrogens with one attached hydrogen (secondary N) is 1. The van der Waals surface area contributed by atoms with Crippen molar-refractivity contribution in [2.24, 2.45) is 0 Å². The van der Waals surface area contributed by atoms with Gasteiger partial charge in [-0.3, -0.25) is 9.48 Å². The number of amides is 1. The Labute approximate surface area is 166 Å². The molecule has 1 N–H and O–H groups in total. The second-order valence-corrected chi connectivity index (χ2v) is 9.02. The summed E-state index contributed by atoms with van der Waals surface area (Å²) in [5, 5.41) is 7.76. The summed E-state index contributed by atoms with van der Waals surface area (Å²) in [5.41, 5.74) is 2.42. The molecule has 0 aromatic carbocycles. The van der Waals surface area contributed by atoms with Crippen molar-refractivity contribution in [3.63, 3.8) is 0 Å². The first kappa shape index (κ1) is 19.0. The lowest BCUT2D eigenvalue weighted by Gasteiger charge is -2.22. The van der Waals surface area contributed by atoms with Crippen molar-refractivity contribution in [3.8, 4) is 5.88 Å². The van der Waals surface area contributed by atoms with E-state index >= 15 is 0 Å². The van der Waals surface area contributed by atoms with E-state index in [1.54, 1.807) is 6.20 Å². The third kappa shape index (κ3) is 4.37. The number of rotatable bonds is 6. The Morgan fingerprint density at radius 1 is 1.21 bits per heavy atom. The second kappa shape index (κ2) is 7.57. The second-order valence-electron chi connectivity index (χ2n) is 9.02. The van der Waals surface area contributed by atoms with E-state index in [2.05, 4.69) is 31.1 Å². The fourth-order valence-electron chi connectivity index (χ4n) is 3.73. The standard InChI is InChI=1S/C22H30N4O2/c1-22(2,3)26-19(13-18(25-26)16-8-9-16)21(27)24-14-15-10-11-23-20(12-15)28-17-6-4-5-7-17/h10-13,16-17H,4-9,14H2,1-3H3,(H,24,27).